The monoisotopic (exact) mass is 106 g/mol. The predicted octanol–water partition coefficient (Wildman–Crippen LogP) is -2.16. The van der Waals surface area contributed by atoms with Gasteiger partial charge < -0.3 is 10.8 Å². The molecule has 4 N–H and O–H groups in total. The molecule has 0 atom stereocenters. The van der Waals surface area contributed by atoms with Crippen LogP contribution in [0, 0.1) is 0 Å². The molecule has 0 amide bonds. The van der Waals surface area contributed by atoms with Crippen molar-refractivity contribution in [2.75, 3.05) is 0 Å². The van der Waals surface area contributed by atoms with Crippen molar-refractivity contribution < 1.29 is 0 Å². The Labute approximate surface area is 35.9 Å². The topological polar surface area (TPSA) is 52.0 Å². The molecule has 0 aromatic heterocycles. The molecule has 0 aliphatic rings. The summed E-state index contributed by atoms with van der Waals surface area (Å²) >= 11 is 0. The van der Waals surface area contributed by atoms with Gasteiger partial charge in [-0.2, -0.15) is 0 Å². The van der Waals surface area contributed by atoms with Crippen LogP contribution in [-0.2, 0) is 0 Å². The third kappa shape index (κ3) is 193. The van der Waals surface area contributed by atoms with Gasteiger partial charge in [0.2, 0.25) is 0 Å². The van der Waals surface area contributed by atoms with E-state index in [9.17, 15) is 0 Å². The van der Waals surface area contributed by atoms with E-state index in [1.807, 2.05) is 6.55 Å². The summed E-state index contributed by atoms with van der Waals surface area (Å²) in [6.45, 7) is 1.94. The minimum atomic E-state index is -1.47. The highest BCUT2D eigenvalue weighted by Gasteiger charge is 2.01. The highest BCUT2D eigenvalue weighted by molar-refractivity contribution is 7.12. The van der Waals surface area contributed by atoms with Crippen LogP contribution in [0.4, 0.5) is 0 Å². The molecule has 0 heterocycles. The molecular weight excluding hydrogens is 96.2 g/mol. The molecule has 0 fully saturated rings. The van der Waals surface area contributed by atoms with E-state index in [-0.39, 0.29) is 0 Å². The average Bonchev–Trinajstić information content (AvgIpc) is 0.722. The molecule has 0 saturated carbocycles. The lowest BCUT2D eigenvalue weighted by Gasteiger charge is -2.02. The summed E-state index contributed by atoms with van der Waals surface area (Å²) in [5.74, 6) is 0. The molecule has 4 heteroatoms. The molecule has 0 bridgehead atoms. The number of rotatable bonds is 0. The second-order valence-electron chi connectivity index (χ2n) is 1.82. The van der Waals surface area contributed by atoms with Crippen molar-refractivity contribution in [2.24, 2.45) is 10.8 Å². The van der Waals surface area contributed by atoms with E-state index in [0.717, 1.165) is 9.76 Å². The van der Waals surface area contributed by atoms with Crippen LogP contribution in [0.2, 0.25) is 6.55 Å². The molecule has 0 aromatic carbocycles. The van der Waals surface area contributed by atoms with Gasteiger partial charge in [-0.3, -0.25) is 0 Å². The van der Waals surface area contributed by atoms with E-state index in [4.69, 9.17) is 10.8 Å². The third-order valence-electron chi connectivity index (χ3n) is 0. The molecule has 32 valence electrons. The summed E-state index contributed by atoms with van der Waals surface area (Å²) in [4.78, 5) is 0. The summed E-state index contributed by atoms with van der Waals surface area (Å²) in [5.41, 5.74) is 0. The first-order valence-electron chi connectivity index (χ1n) is 1.58. The van der Waals surface area contributed by atoms with Crippen molar-refractivity contribution in [1.82, 2.24) is 0 Å². The van der Waals surface area contributed by atoms with E-state index < -0.39 is 7.91 Å². The zero-order valence-corrected chi connectivity index (χ0v) is 6.65. The summed E-state index contributed by atoms with van der Waals surface area (Å²) in [6, 6.07) is 0. The lowest BCUT2D eigenvalue weighted by molar-refractivity contribution is 1.60. The van der Waals surface area contributed by atoms with Crippen LogP contribution in [0.15, 0.2) is 0 Å². The fraction of sp³-hybridized carbons (Fsp3) is 1.00. The third-order valence-corrected chi connectivity index (χ3v) is 0. The van der Waals surface area contributed by atoms with Gasteiger partial charge in [-0.15, -0.1) is 0 Å². The quantitative estimate of drug-likeness (QED) is 0.346. The van der Waals surface area contributed by atoms with Crippen LogP contribution in [0.25, 0.3) is 0 Å². The minimum Gasteiger partial charge on any atom is -0.342 e. The van der Waals surface area contributed by atoms with E-state index in [1.165, 1.54) is 0 Å². The maximum absolute atomic E-state index is 5.33. The van der Waals surface area contributed by atoms with Gasteiger partial charge in [0.15, 0.2) is 7.91 Å². The average molecular weight is 106 g/mol. The van der Waals surface area contributed by atoms with Gasteiger partial charge in [-0.25, -0.2) is 0 Å². The molecule has 0 unspecified atom stereocenters. The van der Waals surface area contributed by atoms with Gasteiger partial charge in [0.05, 0.1) is 0 Å². The first kappa shape index (κ1) is 5.35. The molecule has 0 aliphatic heterocycles. The van der Waals surface area contributed by atoms with E-state index >= 15 is 0 Å². The Morgan fingerprint density at radius 2 is 1.60 bits per heavy atom. The van der Waals surface area contributed by atoms with Crippen molar-refractivity contribution in [3.63, 3.8) is 0 Å². The SMILES string of the molecule is C[Si](N)(N)[SiH3]. The maximum Gasteiger partial charge on any atom is 0.166 e. The molecule has 0 rings (SSSR count). The molecule has 0 aliphatic carbocycles. The lowest BCUT2D eigenvalue weighted by Crippen LogP contribution is -2.53. The molecule has 5 heavy (non-hydrogen) atoms. The number of hydrogen-bond donors (Lipinski definition) is 2. The summed E-state index contributed by atoms with van der Waals surface area (Å²) in [7, 11) is -0.470. The van der Waals surface area contributed by atoms with Gasteiger partial charge >= 0.3 is 0 Å². The molecule has 2 nitrogen and oxygen atoms in total. The fourth-order valence-electron chi connectivity index (χ4n) is 0. The van der Waals surface area contributed by atoms with Gasteiger partial charge in [-0.1, -0.05) is 0 Å². The maximum atomic E-state index is 5.33. The largest absolute Gasteiger partial charge is 0.342 e. The Hall–Kier alpha value is 0.354. The fourth-order valence-corrected chi connectivity index (χ4v) is 0. The normalized spacial score (nSPS) is 12.6. The second kappa shape index (κ2) is 1.21. The highest BCUT2D eigenvalue weighted by atomic mass is 29.2. The van der Waals surface area contributed by atoms with Crippen LogP contribution >= 0.6 is 0 Å². The van der Waals surface area contributed by atoms with Gasteiger partial charge in [0.25, 0.3) is 0 Å². The van der Waals surface area contributed by atoms with Crippen LogP contribution < -0.4 is 10.8 Å². The van der Waals surface area contributed by atoms with E-state index in [0.29, 0.717) is 0 Å². The Morgan fingerprint density at radius 3 is 1.60 bits per heavy atom. The van der Waals surface area contributed by atoms with Gasteiger partial charge in [-0.05, 0) is 6.55 Å². The molecule has 0 aromatic rings. The Kier molecular flexibility index (Phi) is 1.30. The molecule has 0 radical (unpaired) electrons. The van der Waals surface area contributed by atoms with Crippen molar-refractivity contribution in [1.29, 1.82) is 0 Å². The smallest absolute Gasteiger partial charge is 0.166 e. The summed E-state index contributed by atoms with van der Waals surface area (Å²) in [6.07, 6.45) is 0. The van der Waals surface area contributed by atoms with Crippen molar-refractivity contribution in [3.05, 3.63) is 0 Å². The van der Waals surface area contributed by atoms with Crippen molar-refractivity contribution >= 4 is 17.7 Å². The first-order valence-corrected chi connectivity index (χ1v) is 7.73. The zero-order valence-electron chi connectivity index (χ0n) is 3.65. The van der Waals surface area contributed by atoms with E-state index in [1.54, 1.807) is 0 Å². The van der Waals surface area contributed by atoms with Crippen molar-refractivity contribution in [3.8, 4) is 0 Å². The molecule has 0 spiro atoms. The van der Waals surface area contributed by atoms with Crippen LogP contribution in [0.1, 0.15) is 0 Å². The zero-order chi connectivity index (χ0) is 4.50. The summed E-state index contributed by atoms with van der Waals surface area (Å²) < 4.78 is 0. The molecule has 0 saturated heterocycles. The van der Waals surface area contributed by atoms with Crippen LogP contribution in [0.5, 0.6) is 0 Å². The number of hydrogen-bond acceptors (Lipinski definition) is 2. The van der Waals surface area contributed by atoms with Gasteiger partial charge in [0, 0.05) is 9.76 Å². The minimum absolute atomic E-state index is 1.00. The van der Waals surface area contributed by atoms with Gasteiger partial charge in [0.1, 0.15) is 0 Å². The summed E-state index contributed by atoms with van der Waals surface area (Å²) in [5, 5.41) is 10.7. The Bertz CT molecular complexity index is 23.1. The van der Waals surface area contributed by atoms with Crippen LogP contribution in [-0.4, -0.2) is 17.7 Å². The van der Waals surface area contributed by atoms with Crippen LogP contribution in [0.3, 0.4) is 0 Å². The molecular formula is CH10N2Si2. The highest BCUT2D eigenvalue weighted by Crippen LogP contribution is 1.61. The lowest BCUT2D eigenvalue weighted by atomic mass is 11.9. The Balaban J connectivity index is 3.02. The Morgan fingerprint density at radius 1 is 1.60 bits per heavy atom. The number of nitrogens with two attached hydrogens (primary N) is 2. The second-order valence-corrected chi connectivity index (χ2v) is 11.9. The first-order chi connectivity index (χ1) is 2.00. The standard InChI is InChI=1S/CH10N2Si2/c1-5(2,3)4/h2-3H2,1,4H3. The predicted molar refractivity (Wildman–Crippen MR) is 29.9 cm³/mol. The van der Waals surface area contributed by atoms with Crippen molar-refractivity contribution in [2.45, 2.75) is 6.55 Å². The van der Waals surface area contributed by atoms with E-state index in [2.05, 4.69) is 0 Å².